The summed E-state index contributed by atoms with van der Waals surface area (Å²) in [5, 5.41) is 11.9. The number of nitrogens with one attached hydrogen (secondary N) is 1. The number of hydrogen-bond acceptors (Lipinski definition) is 4. The van der Waals surface area contributed by atoms with E-state index >= 15 is 0 Å². The number of hydrogen-bond donors (Lipinski definition) is 1. The van der Waals surface area contributed by atoms with Crippen LogP contribution >= 0.6 is 0 Å². The highest BCUT2D eigenvalue weighted by atomic mass is 15.3. The minimum absolute atomic E-state index is 0.749. The summed E-state index contributed by atoms with van der Waals surface area (Å²) in [6, 6.07) is 2.33. The number of fused-ring (bicyclic) bond motifs is 2. The van der Waals surface area contributed by atoms with Gasteiger partial charge in [0.1, 0.15) is 12.2 Å². The Morgan fingerprint density at radius 3 is 2.65 bits per heavy atom. The largest absolute Gasteiger partial charge is 0.321 e. The molecule has 112 valence electrons. The first-order chi connectivity index (χ1) is 9.78. The molecule has 2 unspecified atom stereocenters. The van der Waals surface area contributed by atoms with Gasteiger partial charge in [-0.3, -0.25) is 4.90 Å². The summed E-state index contributed by atoms with van der Waals surface area (Å²) in [5.74, 6) is 1.11. The second-order valence-electron chi connectivity index (χ2n) is 6.35. The predicted molar refractivity (Wildman–Crippen MR) is 79.5 cm³/mol. The van der Waals surface area contributed by atoms with Gasteiger partial charge in [-0.05, 0) is 38.6 Å². The van der Waals surface area contributed by atoms with Crippen LogP contribution in [-0.4, -0.2) is 50.9 Å². The van der Waals surface area contributed by atoms with Crippen molar-refractivity contribution in [1.29, 1.82) is 0 Å². The lowest BCUT2D eigenvalue weighted by atomic mass is 9.97. The molecule has 2 fully saturated rings. The van der Waals surface area contributed by atoms with Crippen molar-refractivity contribution in [2.45, 2.75) is 63.6 Å². The van der Waals surface area contributed by atoms with Crippen molar-refractivity contribution in [1.82, 2.24) is 25.0 Å². The minimum Gasteiger partial charge on any atom is -0.321 e. The maximum atomic E-state index is 4.20. The third kappa shape index (κ3) is 2.88. The fraction of sp³-hybridized carbons (Fsp3) is 0.867. The van der Waals surface area contributed by atoms with Crippen molar-refractivity contribution in [2.24, 2.45) is 7.05 Å². The zero-order valence-electron chi connectivity index (χ0n) is 12.8. The number of nitrogens with zero attached hydrogens (tertiary/aromatic N) is 4. The molecule has 1 aromatic rings. The Morgan fingerprint density at radius 2 is 2.05 bits per heavy atom. The molecule has 5 heteroatoms. The molecule has 2 bridgehead atoms. The Kier molecular flexibility index (Phi) is 4.36. The maximum Gasteiger partial charge on any atom is 0.133 e. The van der Waals surface area contributed by atoms with Crippen LogP contribution in [0.25, 0.3) is 0 Å². The molecule has 3 rings (SSSR count). The smallest absolute Gasteiger partial charge is 0.133 e. The van der Waals surface area contributed by atoms with E-state index in [9.17, 15) is 0 Å². The Bertz CT molecular complexity index is 416. The lowest BCUT2D eigenvalue weighted by Crippen LogP contribution is -2.49. The topological polar surface area (TPSA) is 46.0 Å². The fourth-order valence-corrected chi connectivity index (χ4v) is 3.92. The number of aromatic nitrogens is 3. The van der Waals surface area contributed by atoms with Crippen molar-refractivity contribution in [3.05, 3.63) is 12.2 Å². The number of piperidine rings is 1. The van der Waals surface area contributed by atoms with Crippen molar-refractivity contribution in [2.75, 3.05) is 13.1 Å². The molecule has 0 aliphatic carbocycles. The monoisotopic (exact) mass is 277 g/mol. The molecule has 20 heavy (non-hydrogen) atoms. The zero-order valence-corrected chi connectivity index (χ0v) is 12.8. The van der Waals surface area contributed by atoms with Crippen LogP contribution in [0.2, 0.25) is 0 Å². The van der Waals surface area contributed by atoms with Crippen LogP contribution in [0.15, 0.2) is 6.33 Å². The van der Waals surface area contributed by atoms with Gasteiger partial charge in [0.25, 0.3) is 0 Å². The van der Waals surface area contributed by atoms with E-state index in [1.807, 2.05) is 11.6 Å². The summed E-state index contributed by atoms with van der Waals surface area (Å²) >= 11 is 0. The molecule has 5 nitrogen and oxygen atoms in total. The normalized spacial score (nSPS) is 30.0. The quantitative estimate of drug-likeness (QED) is 0.852. The summed E-state index contributed by atoms with van der Waals surface area (Å²) in [7, 11) is 2.03. The summed E-state index contributed by atoms with van der Waals surface area (Å²) in [4.78, 5) is 2.73. The molecule has 0 radical (unpaired) electrons. The molecule has 0 aromatic carbocycles. The van der Waals surface area contributed by atoms with Gasteiger partial charge >= 0.3 is 0 Å². The van der Waals surface area contributed by atoms with Crippen LogP contribution in [-0.2, 0) is 13.5 Å². The highest BCUT2D eigenvalue weighted by Crippen LogP contribution is 2.35. The van der Waals surface area contributed by atoms with Gasteiger partial charge in [-0.1, -0.05) is 6.92 Å². The Labute approximate surface area is 121 Å². The van der Waals surface area contributed by atoms with E-state index in [-0.39, 0.29) is 0 Å². The van der Waals surface area contributed by atoms with Crippen LogP contribution in [0.1, 0.15) is 44.9 Å². The van der Waals surface area contributed by atoms with Gasteiger partial charge in [0.15, 0.2) is 0 Å². The van der Waals surface area contributed by atoms with Crippen LogP contribution in [0.5, 0.6) is 0 Å². The molecule has 1 aromatic heterocycles. The first-order valence-electron chi connectivity index (χ1n) is 8.10. The molecule has 0 amide bonds. The van der Waals surface area contributed by atoms with Crippen LogP contribution < -0.4 is 5.32 Å². The van der Waals surface area contributed by atoms with E-state index in [0.29, 0.717) is 0 Å². The zero-order chi connectivity index (χ0) is 13.9. The van der Waals surface area contributed by atoms with Crippen LogP contribution in [0.3, 0.4) is 0 Å². The molecule has 2 aliphatic heterocycles. The lowest BCUT2D eigenvalue weighted by Gasteiger charge is -2.39. The highest BCUT2D eigenvalue weighted by molar-refractivity contribution is 4.98. The van der Waals surface area contributed by atoms with Gasteiger partial charge in [0.2, 0.25) is 0 Å². The van der Waals surface area contributed by atoms with Gasteiger partial charge in [-0.15, -0.1) is 10.2 Å². The second kappa shape index (κ2) is 6.22. The average Bonchev–Trinajstić information content (AvgIpc) is 2.95. The Hall–Kier alpha value is -0.940. The van der Waals surface area contributed by atoms with Crippen molar-refractivity contribution >= 4 is 0 Å². The summed E-state index contributed by atoms with van der Waals surface area (Å²) in [5.41, 5.74) is 0. The van der Waals surface area contributed by atoms with Crippen molar-refractivity contribution in [3.63, 3.8) is 0 Å². The number of aryl methyl sites for hydroxylation is 1. The van der Waals surface area contributed by atoms with E-state index in [2.05, 4.69) is 27.3 Å². The predicted octanol–water partition coefficient (Wildman–Crippen LogP) is 1.35. The highest BCUT2D eigenvalue weighted by Gasteiger charge is 2.40. The van der Waals surface area contributed by atoms with Gasteiger partial charge in [0.05, 0.1) is 0 Å². The summed E-state index contributed by atoms with van der Waals surface area (Å²) in [6.07, 6.45) is 9.48. The average molecular weight is 277 g/mol. The van der Waals surface area contributed by atoms with Gasteiger partial charge in [0, 0.05) is 38.1 Å². The minimum atomic E-state index is 0.749. The fourth-order valence-electron chi connectivity index (χ4n) is 3.92. The molecule has 2 aliphatic rings. The Balaban J connectivity index is 1.53. The van der Waals surface area contributed by atoms with Crippen molar-refractivity contribution in [3.8, 4) is 0 Å². The SMILES string of the molecule is CCCNC1CC2CCC(C1)N2CCc1nncn1C. The molecule has 3 heterocycles. The van der Waals surface area contributed by atoms with E-state index in [1.165, 1.54) is 38.6 Å². The van der Waals surface area contributed by atoms with Gasteiger partial charge < -0.3 is 9.88 Å². The molecule has 0 saturated carbocycles. The summed E-state index contributed by atoms with van der Waals surface area (Å²) < 4.78 is 2.04. The van der Waals surface area contributed by atoms with Crippen molar-refractivity contribution < 1.29 is 0 Å². The third-order valence-corrected chi connectivity index (χ3v) is 4.97. The molecule has 1 N–H and O–H groups in total. The first kappa shape index (κ1) is 14.0. The third-order valence-electron chi connectivity index (χ3n) is 4.97. The van der Waals surface area contributed by atoms with Crippen LogP contribution in [0.4, 0.5) is 0 Å². The van der Waals surface area contributed by atoms with Gasteiger partial charge in [-0.25, -0.2) is 0 Å². The second-order valence-corrected chi connectivity index (χ2v) is 6.35. The molecular formula is C15H27N5. The van der Waals surface area contributed by atoms with E-state index < -0.39 is 0 Å². The first-order valence-corrected chi connectivity index (χ1v) is 8.10. The maximum absolute atomic E-state index is 4.20. The Morgan fingerprint density at radius 1 is 1.30 bits per heavy atom. The van der Waals surface area contributed by atoms with Gasteiger partial charge in [-0.2, -0.15) is 0 Å². The standard InChI is InChI=1S/C15H27N5/c1-3-7-16-12-9-13-4-5-14(10-12)20(13)8-6-15-18-17-11-19(15)2/h11-14,16H,3-10H2,1-2H3. The molecular weight excluding hydrogens is 250 g/mol. The van der Waals surface area contributed by atoms with E-state index in [0.717, 1.165) is 36.9 Å². The lowest BCUT2D eigenvalue weighted by molar-refractivity contribution is 0.117. The van der Waals surface area contributed by atoms with E-state index in [1.54, 1.807) is 6.33 Å². The summed E-state index contributed by atoms with van der Waals surface area (Å²) in [6.45, 7) is 4.56. The molecule has 2 atom stereocenters. The number of rotatable bonds is 6. The molecule has 0 spiro atoms. The molecule has 2 saturated heterocycles. The van der Waals surface area contributed by atoms with E-state index in [4.69, 9.17) is 0 Å². The van der Waals surface area contributed by atoms with Crippen LogP contribution in [0, 0.1) is 0 Å².